The molecule has 2 aromatic rings. The molecule has 66 valence electrons. The van der Waals surface area contributed by atoms with Crippen molar-refractivity contribution in [2.45, 2.75) is 6.92 Å². The van der Waals surface area contributed by atoms with Gasteiger partial charge >= 0.3 is 0 Å². The van der Waals surface area contributed by atoms with Crippen molar-refractivity contribution in [1.29, 1.82) is 0 Å². The van der Waals surface area contributed by atoms with Crippen LogP contribution in [-0.2, 0) is 0 Å². The van der Waals surface area contributed by atoms with E-state index in [2.05, 4.69) is 10.1 Å². The highest BCUT2D eigenvalue weighted by Gasteiger charge is 2.00. The first-order valence-electron chi connectivity index (χ1n) is 3.70. The number of halogens is 1. The Labute approximate surface area is 78.8 Å². The van der Waals surface area contributed by atoms with Crippen molar-refractivity contribution in [2.24, 2.45) is 0 Å². The average molecular weight is 196 g/mol. The van der Waals surface area contributed by atoms with Gasteiger partial charge in [-0.3, -0.25) is 4.79 Å². The Balaban J connectivity index is 2.89. The van der Waals surface area contributed by atoms with Crippen molar-refractivity contribution < 1.29 is 0 Å². The number of nitrogens with zero attached hydrogens (tertiary/aromatic N) is 3. The summed E-state index contributed by atoms with van der Waals surface area (Å²) >= 11 is 5.79. The second kappa shape index (κ2) is 2.81. The number of aryl methyl sites for hydroxylation is 1. The third-order valence-corrected chi connectivity index (χ3v) is 2.06. The first-order valence-corrected chi connectivity index (χ1v) is 4.07. The van der Waals surface area contributed by atoms with Crippen LogP contribution in [0.25, 0.3) is 5.65 Å². The third-order valence-electron chi connectivity index (χ3n) is 1.68. The van der Waals surface area contributed by atoms with Crippen LogP contribution in [0.1, 0.15) is 5.56 Å². The van der Waals surface area contributed by atoms with Gasteiger partial charge in [0.1, 0.15) is 0 Å². The van der Waals surface area contributed by atoms with Crippen LogP contribution in [0.4, 0.5) is 0 Å². The fourth-order valence-corrected chi connectivity index (χ4v) is 1.16. The molecule has 2 heterocycles. The van der Waals surface area contributed by atoms with Crippen molar-refractivity contribution in [3.05, 3.63) is 39.4 Å². The molecule has 0 spiro atoms. The molecule has 0 bridgehead atoms. The van der Waals surface area contributed by atoms with Gasteiger partial charge in [-0.1, -0.05) is 11.6 Å². The topological polar surface area (TPSA) is 47.3 Å². The van der Waals surface area contributed by atoms with E-state index in [1.807, 2.05) is 6.92 Å². The molecule has 0 N–H and O–H groups in total. The maximum absolute atomic E-state index is 10.9. The molecule has 0 saturated carbocycles. The van der Waals surface area contributed by atoms with Gasteiger partial charge in [-0.2, -0.15) is 10.1 Å². The first-order chi connectivity index (χ1) is 6.16. The van der Waals surface area contributed by atoms with Gasteiger partial charge in [0, 0.05) is 12.3 Å². The summed E-state index contributed by atoms with van der Waals surface area (Å²) in [4.78, 5) is 14.7. The summed E-state index contributed by atoms with van der Waals surface area (Å²) in [5, 5.41) is 4.41. The SMILES string of the molecule is Cc1cc2nc(=O)ccn2nc1Cl. The lowest BCUT2D eigenvalue weighted by Gasteiger charge is -2.00. The lowest BCUT2D eigenvalue weighted by Crippen LogP contribution is -2.09. The number of rotatable bonds is 0. The molecule has 0 aromatic carbocycles. The Kier molecular flexibility index (Phi) is 1.77. The molecule has 13 heavy (non-hydrogen) atoms. The largest absolute Gasteiger partial charge is 0.273 e. The van der Waals surface area contributed by atoms with E-state index in [0.29, 0.717) is 10.8 Å². The summed E-state index contributed by atoms with van der Waals surface area (Å²) in [6, 6.07) is 3.06. The lowest BCUT2D eigenvalue weighted by molar-refractivity contribution is 0.887. The molecule has 5 heteroatoms. The number of hydrogen-bond acceptors (Lipinski definition) is 3. The highest BCUT2D eigenvalue weighted by molar-refractivity contribution is 6.30. The van der Waals surface area contributed by atoms with Crippen molar-refractivity contribution >= 4 is 17.2 Å². The van der Waals surface area contributed by atoms with Gasteiger partial charge in [0.15, 0.2) is 10.8 Å². The summed E-state index contributed by atoms with van der Waals surface area (Å²) in [7, 11) is 0. The first kappa shape index (κ1) is 8.19. The predicted octanol–water partition coefficient (Wildman–Crippen LogP) is 1.05. The normalized spacial score (nSPS) is 10.6. The summed E-state index contributed by atoms with van der Waals surface area (Å²) in [5.74, 6) is 0. The fraction of sp³-hybridized carbons (Fsp3) is 0.125. The maximum atomic E-state index is 10.9. The third kappa shape index (κ3) is 1.40. The second-order valence-corrected chi connectivity index (χ2v) is 3.04. The monoisotopic (exact) mass is 195 g/mol. The van der Waals surface area contributed by atoms with Crippen LogP contribution in [-0.4, -0.2) is 14.6 Å². The minimum absolute atomic E-state index is 0.275. The maximum Gasteiger partial charge on any atom is 0.273 e. The quantitative estimate of drug-likeness (QED) is 0.631. The molecule has 2 rings (SSSR count). The molecule has 2 aromatic heterocycles. The zero-order valence-electron chi connectivity index (χ0n) is 6.86. The van der Waals surface area contributed by atoms with Crippen molar-refractivity contribution in [1.82, 2.24) is 14.6 Å². The Morgan fingerprint density at radius 1 is 1.54 bits per heavy atom. The summed E-state index contributed by atoms with van der Waals surface area (Å²) < 4.78 is 1.47. The van der Waals surface area contributed by atoms with Gasteiger partial charge in [0.2, 0.25) is 0 Å². The van der Waals surface area contributed by atoms with Crippen molar-refractivity contribution in [2.75, 3.05) is 0 Å². The lowest BCUT2D eigenvalue weighted by atomic mass is 10.3. The Morgan fingerprint density at radius 3 is 3.08 bits per heavy atom. The molecular weight excluding hydrogens is 190 g/mol. The van der Waals surface area contributed by atoms with E-state index in [9.17, 15) is 4.79 Å². The molecule has 0 atom stereocenters. The highest BCUT2D eigenvalue weighted by atomic mass is 35.5. The molecular formula is C8H6ClN3O. The second-order valence-electron chi connectivity index (χ2n) is 2.69. The smallest absolute Gasteiger partial charge is 0.267 e. The van der Waals surface area contributed by atoms with E-state index in [0.717, 1.165) is 5.56 Å². The van der Waals surface area contributed by atoms with Crippen LogP contribution in [0.2, 0.25) is 5.15 Å². The summed E-state index contributed by atoms with van der Waals surface area (Å²) in [6.45, 7) is 1.81. The molecule has 0 fully saturated rings. The zero-order valence-corrected chi connectivity index (χ0v) is 7.62. The van der Waals surface area contributed by atoms with E-state index in [4.69, 9.17) is 11.6 Å². The molecule has 0 unspecified atom stereocenters. The number of aromatic nitrogens is 3. The van der Waals surface area contributed by atoms with Crippen molar-refractivity contribution in [3.8, 4) is 0 Å². The van der Waals surface area contributed by atoms with Crippen LogP contribution in [0, 0.1) is 6.92 Å². The Morgan fingerprint density at radius 2 is 2.31 bits per heavy atom. The molecule has 0 saturated heterocycles. The van der Waals surface area contributed by atoms with Gasteiger partial charge in [0.25, 0.3) is 5.56 Å². The molecule has 0 aliphatic heterocycles. The van der Waals surface area contributed by atoms with E-state index in [1.54, 1.807) is 6.07 Å². The molecule has 0 aliphatic rings. The Bertz CT molecular complexity index is 520. The molecule has 0 aliphatic carbocycles. The minimum Gasteiger partial charge on any atom is -0.267 e. The predicted molar refractivity (Wildman–Crippen MR) is 49.0 cm³/mol. The van der Waals surface area contributed by atoms with Gasteiger partial charge < -0.3 is 0 Å². The molecule has 0 radical (unpaired) electrons. The van der Waals surface area contributed by atoms with E-state index < -0.39 is 0 Å². The van der Waals surface area contributed by atoms with Crippen molar-refractivity contribution in [3.63, 3.8) is 0 Å². The van der Waals surface area contributed by atoms with E-state index in [-0.39, 0.29) is 5.56 Å². The van der Waals surface area contributed by atoms with Crippen LogP contribution in [0.15, 0.2) is 23.1 Å². The standard InChI is InChI=1S/C8H6ClN3O/c1-5-4-6-10-7(13)2-3-12(6)11-8(5)9/h2-4H,1H3. The molecule has 4 nitrogen and oxygen atoms in total. The van der Waals surface area contributed by atoms with Gasteiger partial charge in [0.05, 0.1) is 0 Å². The van der Waals surface area contributed by atoms with Crippen LogP contribution >= 0.6 is 11.6 Å². The van der Waals surface area contributed by atoms with E-state index >= 15 is 0 Å². The highest BCUT2D eigenvalue weighted by Crippen LogP contribution is 2.11. The van der Waals surface area contributed by atoms with Crippen LogP contribution in [0.5, 0.6) is 0 Å². The zero-order chi connectivity index (χ0) is 9.42. The molecule has 0 amide bonds. The summed E-state index contributed by atoms with van der Waals surface area (Å²) in [5.41, 5.74) is 1.04. The number of fused-ring (bicyclic) bond motifs is 1. The fourth-order valence-electron chi connectivity index (χ4n) is 1.02. The van der Waals surface area contributed by atoms with Gasteiger partial charge in [-0.05, 0) is 18.6 Å². The minimum atomic E-state index is -0.275. The van der Waals surface area contributed by atoms with Gasteiger partial charge in [-0.15, -0.1) is 0 Å². The van der Waals surface area contributed by atoms with Crippen LogP contribution in [0.3, 0.4) is 0 Å². The van der Waals surface area contributed by atoms with E-state index in [1.165, 1.54) is 16.8 Å². The van der Waals surface area contributed by atoms with Gasteiger partial charge in [-0.25, -0.2) is 4.52 Å². The Hall–Kier alpha value is -1.42. The van der Waals surface area contributed by atoms with Crippen LogP contribution < -0.4 is 5.56 Å². The average Bonchev–Trinajstić information content (AvgIpc) is 2.08. The summed E-state index contributed by atoms with van der Waals surface area (Å²) in [6.07, 6.45) is 1.54. The number of hydrogen-bond donors (Lipinski definition) is 0.